The van der Waals surface area contributed by atoms with E-state index in [1.807, 2.05) is 24.3 Å². The molecule has 0 saturated heterocycles. The van der Waals surface area contributed by atoms with E-state index in [2.05, 4.69) is 36.2 Å². The summed E-state index contributed by atoms with van der Waals surface area (Å²) in [5, 5.41) is 22.4. The van der Waals surface area contributed by atoms with Crippen LogP contribution in [0.15, 0.2) is 48.5 Å². The van der Waals surface area contributed by atoms with Crippen molar-refractivity contribution in [3.05, 3.63) is 59.7 Å². The Kier molecular flexibility index (Phi) is 5.93. The summed E-state index contributed by atoms with van der Waals surface area (Å²) >= 11 is 0. The molecular formula is C21H25N5O3. The molecule has 1 atom stereocenters. The van der Waals surface area contributed by atoms with Crippen molar-refractivity contribution in [2.45, 2.75) is 38.8 Å². The van der Waals surface area contributed by atoms with Gasteiger partial charge in [0.25, 0.3) is 0 Å². The number of tetrazole rings is 1. The number of hydrogen-bond donors (Lipinski definition) is 2. The molecule has 1 aromatic heterocycles. The Morgan fingerprint density at radius 3 is 2.38 bits per heavy atom. The number of aliphatic hydroxyl groups is 1. The van der Waals surface area contributed by atoms with Crippen LogP contribution in [-0.2, 0) is 12.0 Å². The highest BCUT2D eigenvalue weighted by atomic mass is 16.5. The number of nitrogens with zero attached hydrogens (tertiary/aromatic N) is 4. The largest absolute Gasteiger partial charge is 0.491 e. The van der Waals surface area contributed by atoms with Crippen LogP contribution in [0, 0.1) is 0 Å². The number of amides is 1. The molecule has 1 heterocycles. The predicted octanol–water partition coefficient (Wildman–Crippen LogP) is 2.18. The van der Waals surface area contributed by atoms with Crippen molar-refractivity contribution in [1.82, 2.24) is 20.2 Å². The molecule has 3 N–H and O–H groups in total. The molecule has 0 radical (unpaired) electrons. The van der Waals surface area contributed by atoms with E-state index < -0.39 is 12.0 Å². The lowest BCUT2D eigenvalue weighted by Gasteiger charge is -2.19. The number of rotatable bonds is 7. The van der Waals surface area contributed by atoms with Crippen molar-refractivity contribution >= 4 is 5.91 Å². The fourth-order valence-corrected chi connectivity index (χ4v) is 2.70. The average molecular weight is 395 g/mol. The van der Waals surface area contributed by atoms with Gasteiger partial charge in [-0.25, -0.2) is 0 Å². The average Bonchev–Trinajstić information content (AvgIpc) is 3.14. The van der Waals surface area contributed by atoms with Gasteiger partial charge in [0.2, 0.25) is 11.7 Å². The van der Waals surface area contributed by atoms with Gasteiger partial charge in [-0.1, -0.05) is 45.0 Å². The fraction of sp³-hybridized carbons (Fsp3) is 0.333. The molecule has 0 aliphatic heterocycles. The number of benzene rings is 2. The first kappa shape index (κ1) is 20.5. The van der Waals surface area contributed by atoms with Gasteiger partial charge in [-0.3, -0.25) is 4.79 Å². The normalized spacial score (nSPS) is 12.6. The second-order valence-electron chi connectivity index (χ2n) is 7.85. The highest BCUT2D eigenvalue weighted by molar-refractivity contribution is 5.93. The van der Waals surface area contributed by atoms with E-state index in [1.165, 1.54) is 10.4 Å². The zero-order valence-electron chi connectivity index (χ0n) is 16.7. The molecule has 0 bridgehead atoms. The molecule has 8 nitrogen and oxygen atoms in total. The van der Waals surface area contributed by atoms with E-state index in [4.69, 9.17) is 10.5 Å². The highest BCUT2D eigenvalue weighted by Gasteiger charge is 2.14. The molecule has 8 heteroatoms. The summed E-state index contributed by atoms with van der Waals surface area (Å²) in [6.45, 7) is 6.71. The standard InChI is InChI=1S/C21H25N5O3/c1-21(2,3)16-8-10-18(11-9-16)29-13-17(27)12-26-24-20(23-25-26)15-6-4-14(5-7-15)19(22)28/h4-11,17,27H,12-13H2,1-3H3,(H2,22,28). The topological polar surface area (TPSA) is 116 Å². The van der Waals surface area contributed by atoms with Crippen molar-refractivity contribution in [3.63, 3.8) is 0 Å². The van der Waals surface area contributed by atoms with Gasteiger partial charge in [0.05, 0.1) is 6.54 Å². The minimum Gasteiger partial charge on any atom is -0.491 e. The van der Waals surface area contributed by atoms with Gasteiger partial charge in [0.1, 0.15) is 18.5 Å². The van der Waals surface area contributed by atoms with E-state index in [-0.39, 0.29) is 18.6 Å². The highest BCUT2D eigenvalue weighted by Crippen LogP contribution is 2.24. The molecule has 1 amide bonds. The third kappa shape index (κ3) is 5.39. The van der Waals surface area contributed by atoms with Gasteiger partial charge in [0, 0.05) is 11.1 Å². The van der Waals surface area contributed by atoms with E-state index in [0.29, 0.717) is 22.7 Å². The first-order valence-electron chi connectivity index (χ1n) is 9.32. The summed E-state index contributed by atoms with van der Waals surface area (Å²) in [5.74, 6) is 0.593. The summed E-state index contributed by atoms with van der Waals surface area (Å²) < 4.78 is 5.65. The Hall–Kier alpha value is -3.26. The van der Waals surface area contributed by atoms with Crippen LogP contribution in [0.25, 0.3) is 11.4 Å². The van der Waals surface area contributed by atoms with Crippen LogP contribution in [0.4, 0.5) is 0 Å². The minimum absolute atomic E-state index is 0.0781. The Bertz CT molecular complexity index is 959. The second kappa shape index (κ2) is 8.40. The first-order valence-corrected chi connectivity index (χ1v) is 9.32. The molecular weight excluding hydrogens is 370 g/mol. The molecule has 0 spiro atoms. The number of carbonyl (C=O) groups is 1. The number of aliphatic hydroxyl groups excluding tert-OH is 1. The van der Waals surface area contributed by atoms with Gasteiger partial charge < -0.3 is 15.6 Å². The first-order chi connectivity index (χ1) is 13.7. The summed E-state index contributed by atoms with van der Waals surface area (Å²) in [6, 6.07) is 14.4. The van der Waals surface area contributed by atoms with Crippen LogP contribution >= 0.6 is 0 Å². The van der Waals surface area contributed by atoms with Gasteiger partial charge in [-0.15, -0.1) is 10.2 Å². The van der Waals surface area contributed by atoms with E-state index in [1.54, 1.807) is 24.3 Å². The maximum atomic E-state index is 11.1. The fourth-order valence-electron chi connectivity index (χ4n) is 2.70. The summed E-state index contributed by atoms with van der Waals surface area (Å²) in [5.41, 5.74) is 7.63. The van der Waals surface area contributed by atoms with Crippen molar-refractivity contribution in [1.29, 1.82) is 0 Å². The van der Waals surface area contributed by atoms with Crippen LogP contribution in [-0.4, -0.2) is 43.9 Å². The van der Waals surface area contributed by atoms with Gasteiger partial charge in [-0.05, 0) is 40.5 Å². The van der Waals surface area contributed by atoms with Crippen LogP contribution in [0.2, 0.25) is 0 Å². The predicted molar refractivity (Wildman–Crippen MR) is 108 cm³/mol. The van der Waals surface area contributed by atoms with E-state index >= 15 is 0 Å². The summed E-state index contributed by atoms with van der Waals surface area (Å²) in [7, 11) is 0. The van der Waals surface area contributed by atoms with Crippen LogP contribution in [0.5, 0.6) is 5.75 Å². The molecule has 2 aromatic carbocycles. The van der Waals surface area contributed by atoms with Gasteiger partial charge >= 0.3 is 0 Å². The van der Waals surface area contributed by atoms with Crippen LogP contribution in [0.1, 0.15) is 36.7 Å². The third-order valence-electron chi connectivity index (χ3n) is 4.42. The monoisotopic (exact) mass is 395 g/mol. The molecule has 152 valence electrons. The Morgan fingerprint density at radius 1 is 1.14 bits per heavy atom. The minimum atomic E-state index is -0.795. The van der Waals surface area contributed by atoms with Crippen LogP contribution in [0.3, 0.4) is 0 Å². The van der Waals surface area contributed by atoms with Gasteiger partial charge in [-0.2, -0.15) is 4.80 Å². The van der Waals surface area contributed by atoms with E-state index in [9.17, 15) is 9.90 Å². The smallest absolute Gasteiger partial charge is 0.248 e. The summed E-state index contributed by atoms with van der Waals surface area (Å²) in [6.07, 6.45) is -0.795. The SMILES string of the molecule is CC(C)(C)c1ccc(OCC(O)Cn2nnc(-c3ccc(C(N)=O)cc3)n2)cc1. The molecule has 1 unspecified atom stereocenters. The number of hydrogen-bond acceptors (Lipinski definition) is 6. The zero-order valence-corrected chi connectivity index (χ0v) is 16.7. The lowest BCUT2D eigenvalue weighted by molar-refractivity contribution is 0.0849. The molecule has 3 aromatic rings. The van der Waals surface area contributed by atoms with Crippen LogP contribution < -0.4 is 10.5 Å². The third-order valence-corrected chi connectivity index (χ3v) is 4.42. The van der Waals surface area contributed by atoms with Crippen molar-refractivity contribution in [2.75, 3.05) is 6.61 Å². The molecule has 0 fully saturated rings. The molecule has 3 rings (SSSR count). The summed E-state index contributed by atoms with van der Waals surface area (Å²) in [4.78, 5) is 12.4. The van der Waals surface area contributed by atoms with E-state index in [0.717, 1.165) is 0 Å². The molecule has 0 aliphatic carbocycles. The number of aromatic nitrogens is 4. The lowest BCUT2D eigenvalue weighted by atomic mass is 9.87. The molecule has 0 saturated carbocycles. The van der Waals surface area contributed by atoms with Crippen molar-refractivity contribution < 1.29 is 14.6 Å². The lowest BCUT2D eigenvalue weighted by Crippen LogP contribution is -2.25. The Balaban J connectivity index is 1.55. The number of primary amides is 1. The maximum absolute atomic E-state index is 11.1. The van der Waals surface area contributed by atoms with Crippen molar-refractivity contribution in [3.8, 4) is 17.1 Å². The van der Waals surface area contributed by atoms with Crippen molar-refractivity contribution in [2.24, 2.45) is 5.73 Å². The van der Waals surface area contributed by atoms with Gasteiger partial charge in [0.15, 0.2) is 0 Å². The maximum Gasteiger partial charge on any atom is 0.248 e. The molecule has 0 aliphatic rings. The Labute approximate surface area is 169 Å². The quantitative estimate of drug-likeness (QED) is 0.633. The Morgan fingerprint density at radius 2 is 1.79 bits per heavy atom. The second-order valence-corrected chi connectivity index (χ2v) is 7.85. The number of ether oxygens (including phenoxy) is 1. The zero-order chi connectivity index (χ0) is 21.0. The molecule has 29 heavy (non-hydrogen) atoms. The number of carbonyl (C=O) groups excluding carboxylic acids is 1. The number of nitrogens with two attached hydrogens (primary N) is 1.